The van der Waals surface area contributed by atoms with E-state index in [1.165, 1.54) is 17.8 Å². The first-order chi connectivity index (χ1) is 21.8. The van der Waals surface area contributed by atoms with E-state index in [1.54, 1.807) is 42.0 Å². The second kappa shape index (κ2) is 13.1. The predicted molar refractivity (Wildman–Crippen MR) is 172 cm³/mol. The summed E-state index contributed by atoms with van der Waals surface area (Å²) in [4.78, 5) is 48.3. The highest BCUT2D eigenvalue weighted by Crippen LogP contribution is 2.32. The summed E-state index contributed by atoms with van der Waals surface area (Å²) < 4.78 is 6.48. The van der Waals surface area contributed by atoms with E-state index in [-0.39, 0.29) is 23.6 Å². The molecule has 1 saturated carbocycles. The Hall–Kier alpha value is -4.76. The molecule has 3 fully saturated rings. The van der Waals surface area contributed by atoms with Crippen LogP contribution in [0.5, 0.6) is 0 Å². The molecule has 45 heavy (non-hydrogen) atoms. The van der Waals surface area contributed by atoms with E-state index in [4.69, 9.17) is 15.7 Å². The number of nitriles is 1. The number of anilines is 1. The number of benzene rings is 2. The van der Waals surface area contributed by atoms with Crippen LogP contribution in [0.15, 0.2) is 47.4 Å². The summed E-state index contributed by atoms with van der Waals surface area (Å²) >= 11 is 1.28. The summed E-state index contributed by atoms with van der Waals surface area (Å²) in [6.07, 6.45) is 9.31. The minimum absolute atomic E-state index is 0.107. The Balaban J connectivity index is 0.000000301. The highest BCUT2D eigenvalue weighted by atomic mass is 32.1. The molecule has 2 aromatic heterocycles. The van der Waals surface area contributed by atoms with Crippen LogP contribution in [0.1, 0.15) is 71.6 Å². The molecule has 1 atom stereocenters. The van der Waals surface area contributed by atoms with Crippen molar-refractivity contribution in [2.75, 3.05) is 18.9 Å². The lowest BCUT2D eigenvalue weighted by atomic mass is 10.0. The quantitative estimate of drug-likeness (QED) is 0.294. The van der Waals surface area contributed by atoms with Crippen molar-refractivity contribution < 1.29 is 14.3 Å². The van der Waals surface area contributed by atoms with Crippen LogP contribution in [0.3, 0.4) is 0 Å². The molecular weight excluding hydrogens is 590 g/mol. The molecule has 232 valence electrons. The number of thiazole rings is 1. The number of rotatable bonds is 5. The van der Waals surface area contributed by atoms with Gasteiger partial charge in [-0.25, -0.2) is 14.8 Å². The molecule has 2 amide bonds. The fourth-order valence-electron chi connectivity index (χ4n) is 6.13. The van der Waals surface area contributed by atoms with Gasteiger partial charge in [0.1, 0.15) is 22.3 Å². The van der Waals surface area contributed by atoms with Crippen LogP contribution in [-0.4, -0.2) is 56.7 Å². The monoisotopic (exact) mass is 625 g/mol. The molecule has 2 aromatic carbocycles. The van der Waals surface area contributed by atoms with Crippen LogP contribution in [0.4, 0.5) is 10.5 Å². The normalized spacial score (nSPS) is 17.7. The van der Waals surface area contributed by atoms with Crippen molar-refractivity contribution in [3.63, 3.8) is 0 Å². The van der Waals surface area contributed by atoms with Crippen LogP contribution in [0.25, 0.3) is 21.5 Å². The smallest absolute Gasteiger partial charge is 0.410 e. The number of carbonyl (C=O) groups excluding carboxylic acids is 2. The molecular formula is C33H35N7O4S. The van der Waals surface area contributed by atoms with Crippen LogP contribution in [0, 0.1) is 18.3 Å². The third kappa shape index (κ3) is 6.54. The Morgan fingerprint density at radius 1 is 1.13 bits per heavy atom. The molecule has 2 saturated heterocycles. The molecule has 12 heteroatoms. The van der Waals surface area contributed by atoms with E-state index >= 15 is 0 Å². The third-order valence-electron chi connectivity index (χ3n) is 8.65. The van der Waals surface area contributed by atoms with Crippen LogP contribution in [-0.2, 0) is 11.3 Å². The maximum atomic E-state index is 13.3. The summed E-state index contributed by atoms with van der Waals surface area (Å²) in [5, 5.41) is 13.1. The molecule has 1 aliphatic carbocycles. The second-order valence-corrected chi connectivity index (χ2v) is 12.8. The molecule has 1 unspecified atom stereocenters. The molecule has 0 bridgehead atoms. The molecule has 3 N–H and O–H groups in total. The Morgan fingerprint density at radius 3 is 2.62 bits per heavy atom. The van der Waals surface area contributed by atoms with Crippen molar-refractivity contribution in [1.29, 1.82) is 5.26 Å². The van der Waals surface area contributed by atoms with Crippen molar-refractivity contribution in [2.45, 2.75) is 70.5 Å². The second-order valence-electron chi connectivity index (χ2n) is 11.7. The highest BCUT2D eigenvalue weighted by molar-refractivity contribution is 7.17. The topological polar surface area (TPSA) is 156 Å². The molecule has 2 aliphatic heterocycles. The van der Waals surface area contributed by atoms with Crippen molar-refractivity contribution in [3.8, 4) is 16.6 Å². The SMILES string of the molecule is Cc1nc2cc(-c3ncc(C(=O)NC4CCCC4)s3)c(N)cc2c(=O)n1Cc1ccc(C#N)cc1.O=C1OCC2CCCCN12. The van der Waals surface area contributed by atoms with Gasteiger partial charge in [-0.15, -0.1) is 11.3 Å². The minimum atomic E-state index is -0.189. The first kappa shape index (κ1) is 30.3. The number of ether oxygens (including phenoxy) is 1. The van der Waals surface area contributed by atoms with Gasteiger partial charge in [0.25, 0.3) is 11.5 Å². The van der Waals surface area contributed by atoms with Gasteiger partial charge in [-0.3, -0.25) is 14.2 Å². The Labute approximate surface area is 264 Å². The largest absolute Gasteiger partial charge is 0.447 e. The molecule has 4 heterocycles. The average Bonchev–Trinajstić information content (AvgIpc) is 3.83. The number of nitrogens with two attached hydrogens (primary N) is 1. The number of fused-ring (bicyclic) bond motifs is 2. The van der Waals surface area contributed by atoms with Gasteiger partial charge >= 0.3 is 6.09 Å². The molecule has 0 spiro atoms. The Morgan fingerprint density at radius 2 is 1.89 bits per heavy atom. The average molecular weight is 626 g/mol. The lowest BCUT2D eigenvalue weighted by Crippen LogP contribution is -2.37. The van der Waals surface area contributed by atoms with Crippen molar-refractivity contribution in [2.24, 2.45) is 0 Å². The summed E-state index contributed by atoms with van der Waals surface area (Å²) in [7, 11) is 0. The van der Waals surface area contributed by atoms with Crippen molar-refractivity contribution in [3.05, 3.63) is 74.8 Å². The van der Waals surface area contributed by atoms with Gasteiger partial charge in [0.2, 0.25) is 0 Å². The molecule has 4 aromatic rings. The van der Waals surface area contributed by atoms with Gasteiger partial charge in [-0.05, 0) is 68.9 Å². The maximum Gasteiger partial charge on any atom is 0.410 e. The number of piperidine rings is 1. The zero-order valence-electron chi connectivity index (χ0n) is 25.1. The number of carbonyl (C=O) groups is 2. The lowest BCUT2D eigenvalue weighted by Gasteiger charge is -2.25. The van der Waals surface area contributed by atoms with E-state index in [9.17, 15) is 14.4 Å². The number of nitrogen functional groups attached to an aromatic ring is 1. The van der Waals surface area contributed by atoms with Gasteiger partial charge in [0.15, 0.2) is 0 Å². The first-order valence-corrected chi connectivity index (χ1v) is 16.1. The van der Waals surface area contributed by atoms with Gasteiger partial charge in [-0.2, -0.15) is 5.26 Å². The van der Waals surface area contributed by atoms with Gasteiger partial charge in [-0.1, -0.05) is 25.0 Å². The standard InChI is InChI=1S/C26H24N6O2S.C7H11NO2/c1-15-30-22-11-19(25-29-13-23(35-25)24(33)31-18-4-2-3-5-18)21(28)10-20(22)26(34)32(15)14-17-8-6-16(12-27)7-9-17;9-7-8-4-2-1-3-6(8)5-10-7/h6-11,13,18H,2-5,14,28H2,1H3,(H,31,33);6H,1-5H2. The van der Waals surface area contributed by atoms with Gasteiger partial charge in [0, 0.05) is 23.8 Å². The van der Waals surface area contributed by atoms with Crippen molar-refractivity contribution >= 4 is 39.9 Å². The predicted octanol–water partition coefficient (Wildman–Crippen LogP) is 4.99. The number of aryl methyl sites for hydroxylation is 1. The highest BCUT2D eigenvalue weighted by Gasteiger charge is 2.34. The molecule has 11 nitrogen and oxygen atoms in total. The number of hydrogen-bond acceptors (Lipinski definition) is 9. The van der Waals surface area contributed by atoms with Crippen molar-refractivity contribution in [1.82, 2.24) is 24.8 Å². The summed E-state index contributed by atoms with van der Waals surface area (Å²) in [6, 6.07) is 13.2. The molecule has 3 aliphatic rings. The van der Waals surface area contributed by atoms with Gasteiger partial charge in [0.05, 0.1) is 41.3 Å². The third-order valence-corrected chi connectivity index (χ3v) is 9.68. The number of aromatic nitrogens is 3. The van der Waals surface area contributed by atoms with Crippen LogP contribution >= 0.6 is 11.3 Å². The Kier molecular flexibility index (Phi) is 8.80. The summed E-state index contributed by atoms with van der Waals surface area (Å²) in [5.41, 5.74) is 9.19. The van der Waals surface area contributed by atoms with E-state index < -0.39 is 0 Å². The zero-order valence-corrected chi connectivity index (χ0v) is 25.9. The maximum absolute atomic E-state index is 13.3. The zero-order chi connectivity index (χ0) is 31.5. The fraction of sp³-hybridized carbons (Fsp3) is 0.394. The van der Waals surface area contributed by atoms with Gasteiger partial charge < -0.3 is 20.7 Å². The summed E-state index contributed by atoms with van der Waals surface area (Å²) in [6.45, 7) is 3.66. The number of amides is 2. The molecule has 7 rings (SSSR count). The van der Waals surface area contributed by atoms with Crippen LogP contribution in [0.2, 0.25) is 0 Å². The number of nitrogens with one attached hydrogen (secondary N) is 1. The first-order valence-electron chi connectivity index (χ1n) is 15.3. The van der Waals surface area contributed by atoms with E-state index in [0.717, 1.165) is 50.6 Å². The minimum Gasteiger partial charge on any atom is -0.447 e. The lowest BCUT2D eigenvalue weighted by molar-refractivity contribution is 0.0941. The molecule has 0 radical (unpaired) electrons. The number of nitrogens with zero attached hydrogens (tertiary/aromatic N) is 5. The fourth-order valence-corrected chi connectivity index (χ4v) is 6.99. The van der Waals surface area contributed by atoms with E-state index in [2.05, 4.69) is 21.4 Å². The van der Waals surface area contributed by atoms with E-state index in [1.807, 2.05) is 17.0 Å². The number of hydrogen-bond donors (Lipinski definition) is 2. The summed E-state index contributed by atoms with van der Waals surface area (Å²) in [5.74, 6) is 0.456. The number of cyclic esters (lactones) is 1. The Bertz CT molecular complexity index is 1840. The van der Waals surface area contributed by atoms with E-state index in [0.29, 0.717) is 62.6 Å². The van der Waals surface area contributed by atoms with Crippen LogP contribution < -0.4 is 16.6 Å².